The van der Waals surface area contributed by atoms with E-state index in [0.717, 1.165) is 0 Å². The van der Waals surface area contributed by atoms with E-state index in [4.69, 9.17) is 11.5 Å². The minimum atomic E-state index is -0.214. The molecule has 0 aliphatic heterocycles. The first-order chi connectivity index (χ1) is 16.4. The SMILES string of the molecule is [N-]=C(NCCCN)NC(N)=NCCCNC(=O)Cc1ccc2c(c1)C(=O)c1ccccc1C2=O. The zero-order chi connectivity index (χ0) is 24.5. The number of guanidine groups is 2. The van der Waals surface area contributed by atoms with Crippen molar-refractivity contribution in [1.82, 2.24) is 16.0 Å². The van der Waals surface area contributed by atoms with Gasteiger partial charge in [-0.3, -0.25) is 19.4 Å². The van der Waals surface area contributed by atoms with Crippen molar-refractivity contribution in [2.75, 3.05) is 26.2 Å². The third kappa shape index (κ3) is 6.26. The van der Waals surface area contributed by atoms with Crippen LogP contribution in [0.5, 0.6) is 0 Å². The highest BCUT2D eigenvalue weighted by Crippen LogP contribution is 2.27. The van der Waals surface area contributed by atoms with Gasteiger partial charge in [-0.25, -0.2) is 0 Å². The predicted molar refractivity (Wildman–Crippen MR) is 131 cm³/mol. The largest absolute Gasteiger partial charge is 0.440 e. The number of rotatable bonds is 9. The lowest BCUT2D eigenvalue weighted by atomic mass is 9.83. The van der Waals surface area contributed by atoms with Crippen LogP contribution in [0.3, 0.4) is 0 Å². The lowest BCUT2D eigenvalue weighted by molar-refractivity contribution is -0.120. The predicted octanol–water partition coefficient (Wildman–Crippen LogP) is 0.279. The van der Waals surface area contributed by atoms with Gasteiger partial charge in [-0.05, 0) is 37.6 Å². The molecule has 2 aromatic carbocycles. The molecule has 1 aliphatic carbocycles. The van der Waals surface area contributed by atoms with Crippen molar-refractivity contribution in [3.8, 4) is 0 Å². The summed E-state index contributed by atoms with van der Waals surface area (Å²) in [7, 11) is 0. The Bertz CT molecular complexity index is 1130. The lowest BCUT2D eigenvalue weighted by Crippen LogP contribution is -2.44. The number of hydrogen-bond acceptors (Lipinski definition) is 5. The summed E-state index contributed by atoms with van der Waals surface area (Å²) in [4.78, 5) is 41.9. The van der Waals surface area contributed by atoms with Gasteiger partial charge in [-0.15, -0.1) is 0 Å². The van der Waals surface area contributed by atoms with Crippen molar-refractivity contribution < 1.29 is 14.4 Å². The van der Waals surface area contributed by atoms with Crippen LogP contribution in [0.1, 0.15) is 50.2 Å². The molecule has 0 heterocycles. The van der Waals surface area contributed by atoms with Gasteiger partial charge in [0.1, 0.15) is 5.96 Å². The van der Waals surface area contributed by atoms with Crippen molar-refractivity contribution in [3.05, 3.63) is 75.7 Å². The molecule has 0 radical (unpaired) electrons. The number of aliphatic imine (C=N–C) groups is 1. The number of carbonyl (C=O) groups excluding carboxylic acids is 3. The number of fused-ring (bicyclic) bond motifs is 2. The maximum atomic E-state index is 12.8. The third-order valence-electron chi connectivity index (χ3n) is 5.21. The summed E-state index contributed by atoms with van der Waals surface area (Å²) in [6, 6.07) is 11.7. The molecule has 0 aromatic heterocycles. The quantitative estimate of drug-likeness (QED) is 0.172. The average Bonchev–Trinajstić information content (AvgIpc) is 2.82. The second-order valence-corrected chi connectivity index (χ2v) is 7.77. The second-order valence-electron chi connectivity index (χ2n) is 7.77. The van der Waals surface area contributed by atoms with Crippen LogP contribution in [0.4, 0.5) is 0 Å². The smallest absolute Gasteiger partial charge is 0.224 e. The Hall–Kier alpha value is -4.05. The molecule has 0 fully saturated rings. The number of hydrogen-bond donors (Lipinski definition) is 5. The highest BCUT2D eigenvalue weighted by Gasteiger charge is 2.29. The molecule has 10 nitrogen and oxygen atoms in total. The maximum Gasteiger partial charge on any atom is 0.224 e. The lowest BCUT2D eigenvalue weighted by Gasteiger charge is -2.18. The molecule has 0 saturated carbocycles. The molecule has 0 atom stereocenters. The van der Waals surface area contributed by atoms with Crippen LogP contribution in [0, 0.1) is 0 Å². The van der Waals surface area contributed by atoms with Gasteiger partial charge in [0.15, 0.2) is 11.6 Å². The Morgan fingerprint density at radius 3 is 2.26 bits per heavy atom. The molecule has 10 heteroatoms. The number of benzene rings is 2. The second kappa shape index (κ2) is 11.7. The Balaban J connectivity index is 1.45. The van der Waals surface area contributed by atoms with Gasteiger partial charge in [0, 0.05) is 41.3 Å². The van der Waals surface area contributed by atoms with Gasteiger partial charge < -0.3 is 32.8 Å². The summed E-state index contributed by atoms with van der Waals surface area (Å²) >= 11 is 0. The van der Waals surface area contributed by atoms with Crippen molar-refractivity contribution in [2.24, 2.45) is 16.5 Å². The number of amides is 1. The fraction of sp³-hybridized carbons (Fsp3) is 0.292. The monoisotopic (exact) mass is 462 g/mol. The van der Waals surface area contributed by atoms with Crippen LogP contribution in [0.25, 0.3) is 5.41 Å². The van der Waals surface area contributed by atoms with Gasteiger partial charge >= 0.3 is 0 Å². The van der Waals surface area contributed by atoms with E-state index in [9.17, 15) is 19.8 Å². The summed E-state index contributed by atoms with van der Waals surface area (Å²) in [5.74, 6) is -0.752. The molecular formula is C24H28N7O3-. The number of carbonyl (C=O) groups is 3. The van der Waals surface area contributed by atoms with Crippen LogP contribution in [0.2, 0.25) is 0 Å². The molecule has 0 saturated heterocycles. The van der Waals surface area contributed by atoms with Crippen molar-refractivity contribution in [2.45, 2.75) is 19.3 Å². The number of nitrogens with zero attached hydrogens (tertiary/aromatic N) is 2. The Labute approximate surface area is 197 Å². The molecular weight excluding hydrogens is 434 g/mol. The molecule has 7 N–H and O–H groups in total. The highest BCUT2D eigenvalue weighted by molar-refractivity contribution is 6.28. The van der Waals surface area contributed by atoms with E-state index in [-0.39, 0.29) is 35.8 Å². The van der Waals surface area contributed by atoms with E-state index in [0.29, 0.717) is 66.8 Å². The normalized spacial score (nSPS) is 12.6. The molecule has 0 spiro atoms. The number of nitrogens with two attached hydrogens (primary N) is 2. The molecule has 0 bridgehead atoms. The van der Waals surface area contributed by atoms with Crippen molar-refractivity contribution in [3.63, 3.8) is 0 Å². The maximum absolute atomic E-state index is 12.8. The minimum absolute atomic E-state index is 0.0546. The van der Waals surface area contributed by atoms with Crippen LogP contribution in [0.15, 0.2) is 47.5 Å². The molecule has 1 aliphatic rings. The number of nitrogens with one attached hydrogen (secondary N) is 3. The van der Waals surface area contributed by atoms with Crippen LogP contribution >= 0.6 is 0 Å². The van der Waals surface area contributed by atoms with E-state index < -0.39 is 0 Å². The van der Waals surface area contributed by atoms with Crippen molar-refractivity contribution >= 4 is 29.4 Å². The summed E-state index contributed by atoms with van der Waals surface area (Å²) in [5, 5.41) is 17.6. The molecule has 2 aromatic rings. The fourth-order valence-electron chi connectivity index (χ4n) is 3.52. The van der Waals surface area contributed by atoms with Gasteiger partial charge in [-0.1, -0.05) is 36.4 Å². The molecule has 0 unspecified atom stereocenters. The van der Waals surface area contributed by atoms with E-state index >= 15 is 0 Å². The zero-order valence-corrected chi connectivity index (χ0v) is 18.8. The first-order valence-corrected chi connectivity index (χ1v) is 11.1. The van der Waals surface area contributed by atoms with E-state index in [1.165, 1.54) is 0 Å². The average molecular weight is 463 g/mol. The highest BCUT2D eigenvalue weighted by atomic mass is 16.2. The van der Waals surface area contributed by atoms with Crippen molar-refractivity contribution in [1.29, 1.82) is 0 Å². The van der Waals surface area contributed by atoms with Crippen LogP contribution in [-0.2, 0) is 11.2 Å². The Morgan fingerprint density at radius 2 is 1.56 bits per heavy atom. The first-order valence-electron chi connectivity index (χ1n) is 11.1. The Kier molecular flexibility index (Phi) is 8.47. The molecule has 178 valence electrons. The first kappa shape index (κ1) is 24.6. The minimum Gasteiger partial charge on any atom is -0.440 e. The van der Waals surface area contributed by atoms with Gasteiger partial charge in [0.2, 0.25) is 5.91 Å². The van der Waals surface area contributed by atoms with Gasteiger partial charge in [0.25, 0.3) is 0 Å². The van der Waals surface area contributed by atoms with E-state index in [1.807, 2.05) is 0 Å². The number of ketones is 2. The summed E-state index contributed by atoms with van der Waals surface area (Å²) < 4.78 is 0. The Morgan fingerprint density at radius 1 is 0.912 bits per heavy atom. The molecule has 34 heavy (non-hydrogen) atoms. The summed E-state index contributed by atoms with van der Waals surface area (Å²) in [6.07, 6.45) is 1.33. The summed E-state index contributed by atoms with van der Waals surface area (Å²) in [5.41, 5.74) is 13.2. The van der Waals surface area contributed by atoms with Gasteiger partial charge in [-0.2, -0.15) is 0 Å². The van der Waals surface area contributed by atoms with Crippen LogP contribution < -0.4 is 27.4 Å². The zero-order valence-electron chi connectivity index (χ0n) is 18.8. The standard InChI is InChI=1S/C24H28N7O3/c25-9-3-10-29-23(26)31-24(27)30-12-4-11-28-20(32)14-15-7-8-18-19(13-15)22(34)17-6-2-1-5-16(17)21(18)33/h1-2,5-8,13H,3-4,9-12,14,25H2,(H5-,26,27,28,29,30,31,32)/q-1. The topological polar surface area (TPSA) is 174 Å². The summed E-state index contributed by atoms with van der Waals surface area (Å²) in [6.45, 7) is 1.75. The van der Waals surface area contributed by atoms with E-state index in [2.05, 4.69) is 20.9 Å². The van der Waals surface area contributed by atoms with Gasteiger partial charge in [0.05, 0.1) is 6.42 Å². The fourth-order valence-corrected chi connectivity index (χ4v) is 3.52. The molecule has 1 amide bonds. The van der Waals surface area contributed by atoms with Crippen LogP contribution in [-0.4, -0.2) is 55.6 Å². The molecule has 3 rings (SSSR count). The van der Waals surface area contributed by atoms with E-state index in [1.54, 1.807) is 42.5 Å². The third-order valence-corrected chi connectivity index (χ3v) is 5.21.